The number of halogens is 2. The minimum absolute atomic E-state index is 0.0949. The van der Waals surface area contributed by atoms with Crippen LogP contribution in [0, 0.1) is 24.5 Å². The lowest BCUT2D eigenvalue weighted by molar-refractivity contribution is 0.0684. The minimum atomic E-state index is -1.21. The molecular formula is C27H26F2N4O2. The standard InChI is InChI=1S/C27H26F2N4O2/c1-15-5-3-8-19(11-15)23-13-22-24(33(23)14-17-9-10-20(28)21(29)12-17)25(32-26(31-22)27(34)35)30-16(2)18-6-4-7-18/h3,5,8-13,16,18H,4,6-7,14H2,1-2H3,(H,34,35)(H,30,31,32). The number of carboxylic acids is 1. The number of rotatable bonds is 7. The zero-order valence-electron chi connectivity index (χ0n) is 19.6. The van der Waals surface area contributed by atoms with E-state index in [1.807, 2.05) is 41.8 Å². The molecule has 0 radical (unpaired) electrons. The van der Waals surface area contributed by atoms with Gasteiger partial charge < -0.3 is 15.0 Å². The van der Waals surface area contributed by atoms with Crippen molar-refractivity contribution in [1.82, 2.24) is 14.5 Å². The van der Waals surface area contributed by atoms with E-state index in [4.69, 9.17) is 0 Å². The number of hydrogen-bond acceptors (Lipinski definition) is 4. The van der Waals surface area contributed by atoms with E-state index in [0.717, 1.165) is 35.7 Å². The smallest absolute Gasteiger partial charge is 0.374 e. The summed E-state index contributed by atoms with van der Waals surface area (Å²) in [5.74, 6) is -2.42. The first-order valence-electron chi connectivity index (χ1n) is 11.7. The average molecular weight is 477 g/mol. The fourth-order valence-electron chi connectivity index (χ4n) is 4.66. The van der Waals surface area contributed by atoms with Crippen LogP contribution in [0.2, 0.25) is 0 Å². The van der Waals surface area contributed by atoms with E-state index in [2.05, 4.69) is 22.2 Å². The van der Waals surface area contributed by atoms with Crippen LogP contribution in [0.1, 0.15) is 47.9 Å². The highest BCUT2D eigenvalue weighted by Crippen LogP contribution is 2.35. The molecular weight excluding hydrogens is 450 g/mol. The average Bonchev–Trinajstić information content (AvgIpc) is 3.13. The molecule has 2 aromatic heterocycles. The van der Waals surface area contributed by atoms with E-state index in [-0.39, 0.29) is 18.4 Å². The predicted molar refractivity (Wildman–Crippen MR) is 131 cm³/mol. The molecule has 6 nitrogen and oxygen atoms in total. The van der Waals surface area contributed by atoms with Crippen LogP contribution in [0.3, 0.4) is 0 Å². The topological polar surface area (TPSA) is 80.0 Å². The summed E-state index contributed by atoms with van der Waals surface area (Å²) >= 11 is 0. The number of fused-ring (bicyclic) bond motifs is 1. The van der Waals surface area contributed by atoms with Gasteiger partial charge in [-0.15, -0.1) is 0 Å². The highest BCUT2D eigenvalue weighted by Gasteiger charge is 2.27. The Morgan fingerprint density at radius 1 is 1.14 bits per heavy atom. The Bertz CT molecular complexity index is 1430. The second-order valence-electron chi connectivity index (χ2n) is 9.29. The number of carbonyl (C=O) groups is 1. The Kier molecular flexibility index (Phi) is 5.96. The Morgan fingerprint density at radius 2 is 1.94 bits per heavy atom. The van der Waals surface area contributed by atoms with Gasteiger partial charge in [0.15, 0.2) is 17.5 Å². The molecule has 0 spiro atoms. The first-order valence-corrected chi connectivity index (χ1v) is 11.7. The molecule has 2 heterocycles. The number of aromatic nitrogens is 3. The van der Waals surface area contributed by atoms with Crippen molar-refractivity contribution in [2.24, 2.45) is 5.92 Å². The SMILES string of the molecule is Cc1cccc(-c2cc3nc(C(=O)O)nc(NC(C)C4CCC4)c3n2Cc2ccc(F)c(F)c2)c1. The third-order valence-electron chi connectivity index (χ3n) is 6.80. The molecule has 180 valence electrons. The molecule has 1 saturated carbocycles. The fourth-order valence-corrected chi connectivity index (χ4v) is 4.66. The molecule has 1 aliphatic rings. The molecule has 0 amide bonds. The second kappa shape index (κ2) is 9.09. The van der Waals surface area contributed by atoms with Crippen LogP contribution < -0.4 is 5.32 Å². The van der Waals surface area contributed by atoms with Gasteiger partial charge in [0.1, 0.15) is 5.52 Å². The van der Waals surface area contributed by atoms with Crippen LogP contribution in [0.25, 0.3) is 22.3 Å². The van der Waals surface area contributed by atoms with E-state index in [0.29, 0.717) is 28.3 Å². The summed E-state index contributed by atoms with van der Waals surface area (Å²) < 4.78 is 29.6. The number of aromatic carboxylic acids is 1. The van der Waals surface area contributed by atoms with E-state index < -0.39 is 17.6 Å². The number of aryl methyl sites for hydroxylation is 1. The normalized spacial score (nSPS) is 14.6. The van der Waals surface area contributed by atoms with Gasteiger partial charge in [-0.1, -0.05) is 36.2 Å². The van der Waals surface area contributed by atoms with Gasteiger partial charge in [0.25, 0.3) is 0 Å². The number of nitrogens with zero attached hydrogens (tertiary/aromatic N) is 3. The van der Waals surface area contributed by atoms with Crippen molar-refractivity contribution >= 4 is 22.8 Å². The lowest BCUT2D eigenvalue weighted by Crippen LogP contribution is -2.31. The Morgan fingerprint density at radius 3 is 2.60 bits per heavy atom. The monoisotopic (exact) mass is 476 g/mol. The van der Waals surface area contributed by atoms with Gasteiger partial charge >= 0.3 is 5.97 Å². The minimum Gasteiger partial charge on any atom is -0.475 e. The van der Waals surface area contributed by atoms with Gasteiger partial charge in [-0.2, -0.15) is 0 Å². The number of benzene rings is 2. The summed E-state index contributed by atoms with van der Waals surface area (Å²) in [7, 11) is 0. The highest BCUT2D eigenvalue weighted by atomic mass is 19.2. The number of carboxylic acid groups (broad SMARTS) is 1. The van der Waals surface area contributed by atoms with Crippen LogP contribution in [-0.2, 0) is 6.54 Å². The number of hydrogen-bond donors (Lipinski definition) is 2. The molecule has 0 saturated heterocycles. The second-order valence-corrected chi connectivity index (χ2v) is 9.29. The van der Waals surface area contributed by atoms with Crippen LogP contribution in [0.5, 0.6) is 0 Å². The van der Waals surface area contributed by atoms with Crippen molar-refractivity contribution in [2.45, 2.75) is 45.7 Å². The van der Waals surface area contributed by atoms with Crippen LogP contribution in [-0.4, -0.2) is 31.7 Å². The van der Waals surface area contributed by atoms with Crippen molar-refractivity contribution in [3.63, 3.8) is 0 Å². The summed E-state index contributed by atoms with van der Waals surface area (Å²) in [6.07, 6.45) is 3.40. The molecule has 4 aromatic rings. The summed E-state index contributed by atoms with van der Waals surface area (Å²) in [4.78, 5) is 20.5. The molecule has 1 unspecified atom stereocenters. The van der Waals surface area contributed by atoms with Gasteiger partial charge in [0, 0.05) is 12.6 Å². The lowest BCUT2D eigenvalue weighted by Gasteiger charge is -2.32. The summed E-state index contributed by atoms with van der Waals surface area (Å²) in [6, 6.07) is 13.7. The molecule has 8 heteroatoms. The first-order chi connectivity index (χ1) is 16.8. The van der Waals surface area contributed by atoms with E-state index >= 15 is 0 Å². The van der Waals surface area contributed by atoms with E-state index in [1.165, 1.54) is 12.5 Å². The summed E-state index contributed by atoms with van der Waals surface area (Å²) in [6.45, 7) is 4.29. The van der Waals surface area contributed by atoms with Crippen molar-refractivity contribution in [3.05, 3.63) is 77.1 Å². The molecule has 1 fully saturated rings. The van der Waals surface area contributed by atoms with Crippen molar-refractivity contribution in [1.29, 1.82) is 0 Å². The van der Waals surface area contributed by atoms with Gasteiger partial charge in [-0.3, -0.25) is 0 Å². The Labute approximate surface area is 201 Å². The maximum absolute atomic E-state index is 14.0. The molecule has 0 aliphatic heterocycles. The maximum Gasteiger partial charge on any atom is 0.374 e. The Balaban J connectivity index is 1.72. The molecule has 2 N–H and O–H groups in total. The lowest BCUT2D eigenvalue weighted by atomic mass is 9.80. The van der Waals surface area contributed by atoms with Crippen LogP contribution >= 0.6 is 0 Å². The van der Waals surface area contributed by atoms with E-state index in [9.17, 15) is 18.7 Å². The van der Waals surface area contributed by atoms with Crippen molar-refractivity contribution < 1.29 is 18.7 Å². The zero-order valence-corrected chi connectivity index (χ0v) is 19.6. The highest BCUT2D eigenvalue weighted by molar-refractivity contribution is 5.95. The quantitative estimate of drug-likeness (QED) is 0.340. The molecule has 5 rings (SSSR count). The van der Waals surface area contributed by atoms with Crippen molar-refractivity contribution in [2.75, 3.05) is 5.32 Å². The number of nitrogens with one attached hydrogen (secondary N) is 1. The van der Waals surface area contributed by atoms with Crippen molar-refractivity contribution in [3.8, 4) is 11.3 Å². The van der Waals surface area contributed by atoms with Gasteiger partial charge in [-0.25, -0.2) is 23.5 Å². The summed E-state index contributed by atoms with van der Waals surface area (Å²) in [5.41, 5.74) is 4.41. The molecule has 35 heavy (non-hydrogen) atoms. The first kappa shape index (κ1) is 23.0. The predicted octanol–water partition coefficient (Wildman–Crippen LogP) is 6.03. The third kappa shape index (κ3) is 4.48. The molecule has 2 aromatic carbocycles. The Hall–Kier alpha value is -3.81. The van der Waals surface area contributed by atoms with Crippen LogP contribution in [0.4, 0.5) is 14.6 Å². The van der Waals surface area contributed by atoms with E-state index in [1.54, 1.807) is 6.07 Å². The van der Waals surface area contributed by atoms with Gasteiger partial charge in [0.05, 0.1) is 11.2 Å². The molecule has 1 aliphatic carbocycles. The largest absolute Gasteiger partial charge is 0.475 e. The maximum atomic E-state index is 14.0. The summed E-state index contributed by atoms with van der Waals surface area (Å²) in [5, 5.41) is 13.1. The van der Waals surface area contributed by atoms with Gasteiger partial charge in [-0.05, 0) is 68.0 Å². The van der Waals surface area contributed by atoms with Crippen LogP contribution in [0.15, 0.2) is 48.5 Å². The zero-order chi connectivity index (χ0) is 24.7. The molecule has 0 bridgehead atoms. The fraction of sp³-hybridized carbons (Fsp3) is 0.296. The molecule has 1 atom stereocenters. The third-order valence-corrected chi connectivity index (χ3v) is 6.80. The number of anilines is 1. The van der Waals surface area contributed by atoms with Gasteiger partial charge in [0.2, 0.25) is 5.82 Å².